The Morgan fingerprint density at radius 2 is 1.69 bits per heavy atom. The van der Waals surface area contributed by atoms with E-state index < -0.39 is 0 Å². The number of nitrogens with one attached hydrogen (secondary N) is 3. The molecule has 2 amide bonds. The predicted octanol–water partition coefficient (Wildman–Crippen LogP) is 2.26. The largest absolute Gasteiger partial charge is 0.375 e. The number of hydrogen-bond donors (Lipinski definition) is 3. The molecule has 0 aliphatic heterocycles. The summed E-state index contributed by atoms with van der Waals surface area (Å²) in [4.78, 5) is 23.4. The molecule has 6 heteroatoms. The maximum absolute atomic E-state index is 12.2. The Labute approximate surface area is 158 Å². The summed E-state index contributed by atoms with van der Waals surface area (Å²) in [7, 11) is 0. The monoisotopic (exact) mass is 367 g/mol. The molecule has 26 heavy (non-hydrogen) atoms. The van der Waals surface area contributed by atoms with Crippen LogP contribution < -0.4 is 16.0 Å². The molecule has 2 fully saturated rings. The van der Waals surface area contributed by atoms with E-state index in [0.29, 0.717) is 18.6 Å². The second kappa shape index (κ2) is 9.18. The van der Waals surface area contributed by atoms with Gasteiger partial charge in [0.15, 0.2) is 0 Å². The van der Waals surface area contributed by atoms with Gasteiger partial charge in [-0.15, -0.1) is 0 Å². The Kier molecular flexibility index (Phi) is 7.47. The van der Waals surface area contributed by atoms with Crippen LogP contribution in [0.5, 0.6) is 0 Å². The van der Waals surface area contributed by atoms with Crippen LogP contribution in [0.1, 0.15) is 79.6 Å². The van der Waals surface area contributed by atoms with Gasteiger partial charge in [0, 0.05) is 37.0 Å². The Balaban J connectivity index is 1.62. The Bertz CT molecular complexity index is 487. The quantitative estimate of drug-likeness (QED) is 0.584. The lowest BCUT2D eigenvalue weighted by Crippen LogP contribution is -2.49. The molecule has 0 aromatic carbocycles. The molecule has 2 aliphatic carbocycles. The number of hydrogen-bond acceptors (Lipinski definition) is 4. The second-order valence-electron chi connectivity index (χ2n) is 8.98. The fourth-order valence-corrected chi connectivity index (χ4v) is 4.06. The summed E-state index contributed by atoms with van der Waals surface area (Å²) < 4.78 is 5.73. The first-order valence-electron chi connectivity index (χ1n) is 10.1. The zero-order chi connectivity index (χ0) is 19.3. The highest BCUT2D eigenvalue weighted by Crippen LogP contribution is 2.26. The molecule has 6 nitrogen and oxygen atoms in total. The highest BCUT2D eigenvalue weighted by Gasteiger charge is 2.33. The van der Waals surface area contributed by atoms with E-state index in [-0.39, 0.29) is 35.5 Å². The van der Waals surface area contributed by atoms with Crippen LogP contribution in [0.3, 0.4) is 0 Å². The van der Waals surface area contributed by atoms with Gasteiger partial charge in [-0.1, -0.05) is 0 Å². The van der Waals surface area contributed by atoms with Crippen LogP contribution in [-0.2, 0) is 14.3 Å². The van der Waals surface area contributed by atoms with Gasteiger partial charge < -0.3 is 20.7 Å². The lowest BCUT2D eigenvalue weighted by atomic mass is 9.88. The molecule has 0 radical (unpaired) electrons. The lowest BCUT2D eigenvalue weighted by molar-refractivity contribution is -0.125. The molecule has 0 aromatic rings. The first kappa shape index (κ1) is 21.2. The van der Waals surface area contributed by atoms with E-state index in [1.54, 1.807) is 6.92 Å². The first-order valence-corrected chi connectivity index (χ1v) is 10.1. The Morgan fingerprint density at radius 1 is 1.04 bits per heavy atom. The molecule has 0 saturated heterocycles. The molecule has 0 unspecified atom stereocenters. The SMILES string of the molecule is CC(=O)N[C@H]1CC[C@H](NC(C)(C)CCC(=O)NC2CC(OC(C)C)C2)C1. The third-order valence-corrected chi connectivity index (χ3v) is 5.34. The molecule has 2 atom stereocenters. The van der Waals surface area contributed by atoms with Crippen LogP contribution >= 0.6 is 0 Å². The summed E-state index contributed by atoms with van der Waals surface area (Å²) in [5.74, 6) is 0.180. The molecular weight excluding hydrogens is 330 g/mol. The van der Waals surface area contributed by atoms with Crippen LogP contribution in [0, 0.1) is 0 Å². The topological polar surface area (TPSA) is 79.5 Å². The summed E-state index contributed by atoms with van der Waals surface area (Å²) in [5.41, 5.74) is -0.0873. The van der Waals surface area contributed by atoms with Crippen molar-refractivity contribution in [3.63, 3.8) is 0 Å². The van der Waals surface area contributed by atoms with Crippen molar-refractivity contribution >= 4 is 11.8 Å². The summed E-state index contributed by atoms with van der Waals surface area (Å²) in [6.45, 7) is 9.97. The maximum atomic E-state index is 12.2. The molecule has 2 aliphatic rings. The molecule has 0 aromatic heterocycles. The first-order chi connectivity index (χ1) is 12.1. The normalized spacial score (nSPS) is 28.7. The highest BCUT2D eigenvalue weighted by molar-refractivity contribution is 5.76. The summed E-state index contributed by atoms with van der Waals surface area (Å²) in [6, 6.07) is 0.963. The van der Waals surface area contributed by atoms with Crippen molar-refractivity contribution in [3.05, 3.63) is 0 Å². The minimum absolute atomic E-state index is 0.0450. The van der Waals surface area contributed by atoms with Gasteiger partial charge in [-0.05, 0) is 66.2 Å². The number of amides is 2. The van der Waals surface area contributed by atoms with Gasteiger partial charge in [0.25, 0.3) is 0 Å². The van der Waals surface area contributed by atoms with Crippen LogP contribution in [0.15, 0.2) is 0 Å². The fraction of sp³-hybridized carbons (Fsp3) is 0.900. The lowest BCUT2D eigenvalue weighted by Gasteiger charge is -2.37. The summed E-state index contributed by atoms with van der Waals surface area (Å²) in [6.07, 6.45) is 6.81. The van der Waals surface area contributed by atoms with Crippen molar-refractivity contribution < 1.29 is 14.3 Å². The van der Waals surface area contributed by atoms with Crippen molar-refractivity contribution in [1.29, 1.82) is 0 Å². The van der Waals surface area contributed by atoms with Gasteiger partial charge in [-0.3, -0.25) is 9.59 Å². The molecule has 0 spiro atoms. The summed E-state index contributed by atoms with van der Waals surface area (Å²) in [5, 5.41) is 9.80. The smallest absolute Gasteiger partial charge is 0.220 e. The van der Waals surface area contributed by atoms with Crippen molar-refractivity contribution in [2.45, 2.75) is 115 Å². The summed E-state index contributed by atoms with van der Waals surface area (Å²) >= 11 is 0. The van der Waals surface area contributed by atoms with Crippen molar-refractivity contribution in [2.75, 3.05) is 0 Å². The zero-order valence-corrected chi connectivity index (χ0v) is 17.1. The van der Waals surface area contributed by atoms with Gasteiger partial charge in [-0.25, -0.2) is 0 Å². The molecular formula is C20H37N3O3. The molecule has 150 valence electrons. The third-order valence-electron chi connectivity index (χ3n) is 5.34. The zero-order valence-electron chi connectivity index (χ0n) is 17.1. The van der Waals surface area contributed by atoms with Gasteiger partial charge >= 0.3 is 0 Å². The third kappa shape index (κ3) is 7.23. The predicted molar refractivity (Wildman–Crippen MR) is 103 cm³/mol. The van der Waals surface area contributed by atoms with Gasteiger partial charge in [0.1, 0.15) is 0 Å². The number of rotatable bonds is 9. The van der Waals surface area contributed by atoms with Crippen LogP contribution in [0.25, 0.3) is 0 Å². The van der Waals surface area contributed by atoms with E-state index in [9.17, 15) is 9.59 Å². The average Bonchev–Trinajstić information content (AvgIpc) is 2.88. The standard InChI is InChI=1S/C20H37N3O3/c1-13(2)26-18-11-17(12-18)22-19(25)8-9-20(4,5)23-16-7-6-15(10-16)21-14(3)24/h13,15-18,23H,6-12H2,1-5H3,(H,21,24)(H,22,25)/t15-,16-,17?,18?/m0/s1. The van der Waals surface area contributed by atoms with Crippen LogP contribution in [0.2, 0.25) is 0 Å². The van der Waals surface area contributed by atoms with Crippen molar-refractivity contribution in [3.8, 4) is 0 Å². The number of carbonyl (C=O) groups excluding carboxylic acids is 2. The van der Waals surface area contributed by atoms with Gasteiger partial charge in [0.2, 0.25) is 11.8 Å². The van der Waals surface area contributed by atoms with Crippen molar-refractivity contribution in [2.24, 2.45) is 0 Å². The number of ether oxygens (including phenoxy) is 1. The second-order valence-corrected chi connectivity index (χ2v) is 8.98. The molecule has 0 heterocycles. The van der Waals surface area contributed by atoms with E-state index in [2.05, 4.69) is 29.8 Å². The molecule has 2 rings (SSSR count). The van der Waals surface area contributed by atoms with Gasteiger partial charge in [0.05, 0.1) is 12.2 Å². The van der Waals surface area contributed by atoms with E-state index in [1.807, 2.05) is 13.8 Å². The Hall–Kier alpha value is -1.14. The van der Waals surface area contributed by atoms with Crippen LogP contribution in [-0.4, -0.2) is 47.7 Å². The maximum Gasteiger partial charge on any atom is 0.220 e. The average molecular weight is 368 g/mol. The van der Waals surface area contributed by atoms with Gasteiger partial charge in [-0.2, -0.15) is 0 Å². The molecule has 0 bridgehead atoms. The molecule has 3 N–H and O–H groups in total. The Morgan fingerprint density at radius 3 is 2.31 bits per heavy atom. The van der Waals surface area contributed by atoms with E-state index in [1.165, 1.54) is 0 Å². The minimum Gasteiger partial charge on any atom is -0.375 e. The fourth-order valence-electron chi connectivity index (χ4n) is 4.06. The van der Waals surface area contributed by atoms with Crippen LogP contribution in [0.4, 0.5) is 0 Å². The van der Waals surface area contributed by atoms with E-state index in [0.717, 1.165) is 38.5 Å². The molecule has 2 saturated carbocycles. The highest BCUT2D eigenvalue weighted by atomic mass is 16.5. The van der Waals surface area contributed by atoms with E-state index >= 15 is 0 Å². The number of carbonyl (C=O) groups is 2. The van der Waals surface area contributed by atoms with E-state index in [4.69, 9.17) is 4.74 Å². The minimum atomic E-state index is -0.0873. The van der Waals surface area contributed by atoms with Crippen molar-refractivity contribution in [1.82, 2.24) is 16.0 Å².